The number of hydrogen-bond acceptors (Lipinski definition) is 3. The molecule has 1 aromatic carbocycles. The number of nitriles is 1. The molecule has 64 valence electrons. The summed E-state index contributed by atoms with van der Waals surface area (Å²) in [6.07, 6.45) is 0. The van der Waals surface area contributed by atoms with Crippen LogP contribution < -0.4 is 5.73 Å². The lowest BCUT2D eigenvalue weighted by Gasteiger charge is -1.96. The fourth-order valence-corrected chi connectivity index (χ4v) is 0.872. The molecule has 0 unspecified atom stereocenters. The number of benzene rings is 1. The van der Waals surface area contributed by atoms with Crippen LogP contribution in [-0.2, 0) is 0 Å². The summed E-state index contributed by atoms with van der Waals surface area (Å²) < 4.78 is 0. The van der Waals surface area contributed by atoms with Crippen LogP contribution >= 0.6 is 0 Å². The molecule has 0 aliphatic heterocycles. The first-order valence-electron chi connectivity index (χ1n) is 3.67. The van der Waals surface area contributed by atoms with Crippen LogP contribution in [0, 0.1) is 23.2 Å². The molecule has 0 spiro atoms. The molecule has 1 rings (SSSR count). The van der Waals surface area contributed by atoms with Crippen molar-refractivity contribution in [1.29, 1.82) is 5.26 Å². The summed E-state index contributed by atoms with van der Waals surface area (Å²) in [4.78, 5) is 0. The van der Waals surface area contributed by atoms with Crippen molar-refractivity contribution < 1.29 is 5.11 Å². The molecule has 0 heterocycles. The Morgan fingerprint density at radius 2 is 2.23 bits per heavy atom. The van der Waals surface area contributed by atoms with E-state index < -0.39 is 0 Å². The van der Waals surface area contributed by atoms with Gasteiger partial charge in [-0.2, -0.15) is 5.26 Å². The Labute approximate surface area is 76.4 Å². The molecular formula is C10H8N2O. The Hall–Kier alpha value is -1.97. The maximum absolute atomic E-state index is 8.64. The van der Waals surface area contributed by atoms with E-state index in [0.29, 0.717) is 16.8 Å². The van der Waals surface area contributed by atoms with Gasteiger partial charge in [0.05, 0.1) is 5.56 Å². The minimum atomic E-state index is -0.188. The molecule has 0 aliphatic carbocycles. The third-order valence-electron chi connectivity index (χ3n) is 1.49. The standard InChI is InChI=1S/C10H8N2O/c11-7-9-6-8(2-1-5-13)3-4-10(9)12/h3-4,6,13H,5,12H2. The van der Waals surface area contributed by atoms with Gasteiger partial charge in [0.2, 0.25) is 0 Å². The largest absolute Gasteiger partial charge is 0.398 e. The number of hydrogen-bond donors (Lipinski definition) is 2. The molecule has 0 saturated carbocycles. The van der Waals surface area contributed by atoms with Gasteiger partial charge in [-0.3, -0.25) is 0 Å². The Kier molecular flexibility index (Phi) is 2.92. The SMILES string of the molecule is N#Cc1cc(C#CCO)ccc1N. The van der Waals surface area contributed by atoms with E-state index in [1.165, 1.54) is 0 Å². The number of aliphatic hydroxyl groups is 1. The highest BCUT2D eigenvalue weighted by atomic mass is 16.2. The maximum atomic E-state index is 8.64. The van der Waals surface area contributed by atoms with Crippen molar-refractivity contribution in [3.8, 4) is 17.9 Å². The van der Waals surface area contributed by atoms with E-state index in [4.69, 9.17) is 16.1 Å². The average molecular weight is 172 g/mol. The Morgan fingerprint density at radius 3 is 2.85 bits per heavy atom. The Morgan fingerprint density at radius 1 is 1.46 bits per heavy atom. The van der Waals surface area contributed by atoms with Crippen molar-refractivity contribution in [3.63, 3.8) is 0 Å². The number of aliphatic hydroxyl groups excluding tert-OH is 1. The maximum Gasteiger partial charge on any atom is 0.104 e. The highest BCUT2D eigenvalue weighted by Crippen LogP contribution is 2.11. The predicted molar refractivity (Wildman–Crippen MR) is 49.5 cm³/mol. The van der Waals surface area contributed by atoms with Crippen molar-refractivity contribution in [2.75, 3.05) is 12.3 Å². The summed E-state index contributed by atoms with van der Waals surface area (Å²) >= 11 is 0. The minimum Gasteiger partial charge on any atom is -0.398 e. The van der Waals surface area contributed by atoms with E-state index in [-0.39, 0.29) is 6.61 Å². The molecule has 0 aromatic heterocycles. The number of rotatable bonds is 0. The normalized spacial score (nSPS) is 8.31. The van der Waals surface area contributed by atoms with Crippen LogP contribution in [0.2, 0.25) is 0 Å². The molecule has 0 saturated heterocycles. The van der Waals surface area contributed by atoms with E-state index in [9.17, 15) is 0 Å². The number of nitrogens with zero attached hydrogens (tertiary/aromatic N) is 1. The Balaban J connectivity index is 3.08. The summed E-state index contributed by atoms with van der Waals surface area (Å²) in [5, 5.41) is 17.1. The van der Waals surface area contributed by atoms with Crippen LogP contribution in [0.5, 0.6) is 0 Å². The average Bonchev–Trinajstić information content (AvgIpc) is 2.16. The quantitative estimate of drug-likeness (QED) is 0.442. The van der Waals surface area contributed by atoms with Crippen LogP contribution in [0.15, 0.2) is 18.2 Å². The Bertz CT molecular complexity index is 407. The zero-order chi connectivity index (χ0) is 9.68. The zero-order valence-electron chi connectivity index (χ0n) is 6.91. The topological polar surface area (TPSA) is 70.0 Å². The number of nitrogens with two attached hydrogens (primary N) is 1. The van der Waals surface area contributed by atoms with Crippen LogP contribution in [0.25, 0.3) is 0 Å². The molecule has 1 aromatic rings. The van der Waals surface area contributed by atoms with Crippen LogP contribution in [0.4, 0.5) is 5.69 Å². The van der Waals surface area contributed by atoms with Crippen molar-refractivity contribution in [3.05, 3.63) is 29.3 Å². The molecular weight excluding hydrogens is 164 g/mol. The lowest BCUT2D eigenvalue weighted by Crippen LogP contribution is -1.90. The molecule has 3 heteroatoms. The molecule has 0 aliphatic rings. The summed E-state index contributed by atoms with van der Waals surface area (Å²) in [7, 11) is 0. The highest BCUT2D eigenvalue weighted by molar-refractivity contribution is 5.57. The second-order valence-corrected chi connectivity index (χ2v) is 2.37. The van der Waals surface area contributed by atoms with Gasteiger partial charge in [0.15, 0.2) is 0 Å². The number of nitrogen functional groups attached to an aromatic ring is 1. The fourth-order valence-electron chi connectivity index (χ4n) is 0.872. The molecule has 0 bridgehead atoms. The fraction of sp³-hybridized carbons (Fsp3) is 0.100. The van der Waals surface area contributed by atoms with Gasteiger partial charge < -0.3 is 10.8 Å². The summed E-state index contributed by atoms with van der Waals surface area (Å²) in [6, 6.07) is 6.88. The number of anilines is 1. The molecule has 0 radical (unpaired) electrons. The molecule has 3 N–H and O–H groups in total. The first-order chi connectivity index (χ1) is 6.27. The highest BCUT2D eigenvalue weighted by Gasteiger charge is 1.97. The third-order valence-corrected chi connectivity index (χ3v) is 1.49. The van der Waals surface area contributed by atoms with Gasteiger partial charge in [-0.15, -0.1) is 0 Å². The van der Waals surface area contributed by atoms with Crippen LogP contribution in [0.1, 0.15) is 11.1 Å². The van der Waals surface area contributed by atoms with Crippen molar-refractivity contribution in [2.24, 2.45) is 0 Å². The van der Waals surface area contributed by atoms with Gasteiger partial charge in [-0.05, 0) is 18.2 Å². The van der Waals surface area contributed by atoms with Gasteiger partial charge in [-0.1, -0.05) is 11.8 Å². The van der Waals surface area contributed by atoms with E-state index in [1.807, 2.05) is 6.07 Å². The summed E-state index contributed by atoms with van der Waals surface area (Å²) in [5.74, 6) is 5.18. The van der Waals surface area contributed by atoms with Crippen molar-refractivity contribution in [2.45, 2.75) is 0 Å². The minimum absolute atomic E-state index is 0.188. The molecule has 0 atom stereocenters. The third kappa shape index (κ3) is 2.23. The van der Waals surface area contributed by atoms with E-state index >= 15 is 0 Å². The van der Waals surface area contributed by atoms with Gasteiger partial charge in [0, 0.05) is 11.3 Å². The lowest BCUT2D eigenvalue weighted by atomic mass is 10.1. The van der Waals surface area contributed by atoms with Crippen LogP contribution in [-0.4, -0.2) is 11.7 Å². The van der Waals surface area contributed by atoms with Gasteiger partial charge in [-0.25, -0.2) is 0 Å². The second-order valence-electron chi connectivity index (χ2n) is 2.37. The van der Waals surface area contributed by atoms with Gasteiger partial charge >= 0.3 is 0 Å². The van der Waals surface area contributed by atoms with E-state index in [1.54, 1.807) is 18.2 Å². The van der Waals surface area contributed by atoms with E-state index in [2.05, 4.69) is 11.8 Å². The van der Waals surface area contributed by atoms with E-state index in [0.717, 1.165) is 0 Å². The summed E-state index contributed by atoms with van der Waals surface area (Å²) in [6.45, 7) is -0.188. The molecule has 0 fully saturated rings. The van der Waals surface area contributed by atoms with Gasteiger partial charge in [0.25, 0.3) is 0 Å². The second kappa shape index (κ2) is 4.15. The summed E-state index contributed by atoms with van der Waals surface area (Å²) in [5.41, 5.74) is 7.04. The molecule has 3 nitrogen and oxygen atoms in total. The van der Waals surface area contributed by atoms with Crippen molar-refractivity contribution in [1.82, 2.24) is 0 Å². The van der Waals surface area contributed by atoms with Crippen molar-refractivity contribution >= 4 is 5.69 Å². The first-order valence-corrected chi connectivity index (χ1v) is 3.67. The lowest BCUT2D eigenvalue weighted by molar-refractivity contribution is 0.350. The zero-order valence-corrected chi connectivity index (χ0v) is 6.91. The molecule has 13 heavy (non-hydrogen) atoms. The van der Waals surface area contributed by atoms with Gasteiger partial charge in [0.1, 0.15) is 12.7 Å². The molecule has 0 amide bonds. The first kappa shape index (κ1) is 9.12. The monoisotopic (exact) mass is 172 g/mol. The smallest absolute Gasteiger partial charge is 0.104 e. The predicted octanol–water partition coefficient (Wildman–Crippen LogP) is 0.484. The van der Waals surface area contributed by atoms with Crippen LogP contribution in [0.3, 0.4) is 0 Å².